The summed E-state index contributed by atoms with van der Waals surface area (Å²) >= 11 is 3.52. The highest BCUT2D eigenvalue weighted by Crippen LogP contribution is 2.22. The topological polar surface area (TPSA) is 33.3 Å². The summed E-state index contributed by atoms with van der Waals surface area (Å²) < 4.78 is 6.62. The van der Waals surface area contributed by atoms with Crippen molar-refractivity contribution in [2.75, 3.05) is 26.8 Å². The van der Waals surface area contributed by atoms with Crippen molar-refractivity contribution in [3.63, 3.8) is 0 Å². The van der Waals surface area contributed by atoms with E-state index in [-0.39, 0.29) is 0 Å². The first kappa shape index (κ1) is 13.0. The van der Waals surface area contributed by atoms with Gasteiger partial charge in [-0.15, -0.1) is 0 Å². The van der Waals surface area contributed by atoms with E-state index in [0.29, 0.717) is 12.1 Å². The lowest BCUT2D eigenvalue weighted by Crippen LogP contribution is -2.43. The SMILES string of the molecule is CNC(CC1COCCN1)c1cccc(Br)c1. The van der Waals surface area contributed by atoms with E-state index in [1.165, 1.54) is 5.56 Å². The Morgan fingerprint density at radius 3 is 3.12 bits per heavy atom. The molecule has 2 N–H and O–H groups in total. The average molecular weight is 299 g/mol. The maximum Gasteiger partial charge on any atom is 0.0620 e. The molecule has 1 fully saturated rings. The second-order valence-corrected chi connectivity index (χ2v) is 5.27. The quantitative estimate of drug-likeness (QED) is 0.893. The Bertz CT molecular complexity index is 353. The Balaban J connectivity index is 2.00. The fourth-order valence-corrected chi connectivity index (χ4v) is 2.62. The van der Waals surface area contributed by atoms with Crippen molar-refractivity contribution in [3.8, 4) is 0 Å². The summed E-state index contributed by atoms with van der Waals surface area (Å²) in [6.45, 7) is 2.60. The minimum Gasteiger partial charge on any atom is -0.379 e. The summed E-state index contributed by atoms with van der Waals surface area (Å²) in [7, 11) is 2.01. The number of morpholine rings is 1. The van der Waals surface area contributed by atoms with Crippen molar-refractivity contribution in [3.05, 3.63) is 34.3 Å². The molecule has 0 spiro atoms. The predicted octanol–water partition coefficient (Wildman–Crippen LogP) is 2.09. The van der Waals surface area contributed by atoms with E-state index in [9.17, 15) is 0 Å². The molecule has 0 amide bonds. The van der Waals surface area contributed by atoms with E-state index in [2.05, 4.69) is 50.8 Å². The summed E-state index contributed by atoms with van der Waals surface area (Å²) in [6.07, 6.45) is 1.05. The van der Waals surface area contributed by atoms with E-state index in [0.717, 1.165) is 30.7 Å². The van der Waals surface area contributed by atoms with Crippen molar-refractivity contribution >= 4 is 15.9 Å². The Labute approximate surface area is 111 Å². The van der Waals surface area contributed by atoms with Crippen LogP contribution in [0.3, 0.4) is 0 Å². The van der Waals surface area contributed by atoms with Crippen LogP contribution in [0.4, 0.5) is 0 Å². The second kappa shape index (κ2) is 6.50. The predicted molar refractivity (Wildman–Crippen MR) is 73.2 cm³/mol. The molecule has 17 heavy (non-hydrogen) atoms. The van der Waals surface area contributed by atoms with Gasteiger partial charge in [-0.05, 0) is 31.2 Å². The van der Waals surface area contributed by atoms with Gasteiger partial charge in [-0.25, -0.2) is 0 Å². The van der Waals surface area contributed by atoms with E-state index in [1.807, 2.05) is 7.05 Å². The molecule has 0 saturated carbocycles. The molecule has 0 aliphatic carbocycles. The van der Waals surface area contributed by atoms with Gasteiger partial charge in [0, 0.05) is 23.1 Å². The van der Waals surface area contributed by atoms with Crippen LogP contribution in [0.5, 0.6) is 0 Å². The van der Waals surface area contributed by atoms with Crippen LogP contribution >= 0.6 is 15.9 Å². The zero-order valence-electron chi connectivity index (χ0n) is 10.1. The van der Waals surface area contributed by atoms with E-state index in [1.54, 1.807) is 0 Å². The smallest absolute Gasteiger partial charge is 0.0620 e. The largest absolute Gasteiger partial charge is 0.379 e. The molecule has 94 valence electrons. The van der Waals surface area contributed by atoms with Crippen LogP contribution in [0.1, 0.15) is 18.0 Å². The van der Waals surface area contributed by atoms with Crippen LogP contribution in [0, 0.1) is 0 Å². The molecule has 2 rings (SSSR count). The molecule has 1 heterocycles. The molecule has 1 aromatic rings. The minimum atomic E-state index is 0.367. The van der Waals surface area contributed by atoms with Gasteiger partial charge < -0.3 is 15.4 Å². The molecule has 2 atom stereocenters. The summed E-state index contributed by atoms with van der Waals surface area (Å²) in [5, 5.41) is 6.87. The molecule has 2 unspecified atom stereocenters. The molecule has 4 heteroatoms. The summed E-state index contributed by atoms with van der Waals surface area (Å²) in [6, 6.07) is 9.28. The number of rotatable bonds is 4. The van der Waals surface area contributed by atoms with Gasteiger partial charge in [-0.3, -0.25) is 0 Å². The van der Waals surface area contributed by atoms with Crippen molar-refractivity contribution in [2.24, 2.45) is 0 Å². The molecule has 1 aliphatic heterocycles. The van der Waals surface area contributed by atoms with E-state index in [4.69, 9.17) is 4.74 Å². The first-order valence-electron chi connectivity index (χ1n) is 6.03. The molecule has 1 aliphatic rings. The highest BCUT2D eigenvalue weighted by molar-refractivity contribution is 9.10. The zero-order valence-corrected chi connectivity index (χ0v) is 11.7. The van der Waals surface area contributed by atoms with Crippen LogP contribution in [0.2, 0.25) is 0 Å². The van der Waals surface area contributed by atoms with E-state index >= 15 is 0 Å². The Morgan fingerprint density at radius 1 is 1.59 bits per heavy atom. The third-order valence-electron chi connectivity index (χ3n) is 3.12. The molecule has 3 nitrogen and oxygen atoms in total. The standard InChI is InChI=1S/C13H19BrN2O/c1-15-13(8-12-9-17-6-5-16-12)10-3-2-4-11(14)7-10/h2-4,7,12-13,15-16H,5-6,8-9H2,1H3. The third-order valence-corrected chi connectivity index (χ3v) is 3.61. The number of ether oxygens (including phenoxy) is 1. The van der Waals surface area contributed by atoms with E-state index < -0.39 is 0 Å². The highest BCUT2D eigenvalue weighted by atomic mass is 79.9. The van der Waals surface area contributed by atoms with Crippen LogP contribution in [0.25, 0.3) is 0 Å². The van der Waals surface area contributed by atoms with Gasteiger partial charge >= 0.3 is 0 Å². The number of benzene rings is 1. The number of halogens is 1. The lowest BCUT2D eigenvalue weighted by Gasteiger charge is -2.28. The van der Waals surface area contributed by atoms with Crippen molar-refractivity contribution in [1.82, 2.24) is 10.6 Å². The van der Waals surface area contributed by atoms with Gasteiger partial charge in [0.1, 0.15) is 0 Å². The summed E-state index contributed by atoms with van der Waals surface area (Å²) in [5.74, 6) is 0. The monoisotopic (exact) mass is 298 g/mol. The second-order valence-electron chi connectivity index (χ2n) is 4.36. The van der Waals surface area contributed by atoms with Gasteiger partial charge in [-0.1, -0.05) is 28.1 Å². The lowest BCUT2D eigenvalue weighted by molar-refractivity contribution is 0.0708. The number of hydrogen-bond donors (Lipinski definition) is 2. The van der Waals surface area contributed by atoms with Crippen LogP contribution in [-0.4, -0.2) is 32.8 Å². The molecular formula is C13H19BrN2O. The molecule has 1 saturated heterocycles. The van der Waals surface area contributed by atoms with Crippen molar-refractivity contribution < 1.29 is 4.74 Å². The molecule has 0 aromatic heterocycles. The number of hydrogen-bond acceptors (Lipinski definition) is 3. The summed E-state index contributed by atoms with van der Waals surface area (Å²) in [5.41, 5.74) is 1.31. The third kappa shape index (κ3) is 3.78. The van der Waals surface area contributed by atoms with Crippen molar-refractivity contribution in [2.45, 2.75) is 18.5 Å². The molecule has 1 aromatic carbocycles. The van der Waals surface area contributed by atoms with Gasteiger partial charge in [0.05, 0.1) is 13.2 Å². The van der Waals surface area contributed by atoms with Gasteiger partial charge in [0.15, 0.2) is 0 Å². The number of nitrogens with one attached hydrogen (secondary N) is 2. The normalized spacial score (nSPS) is 22.4. The van der Waals surface area contributed by atoms with Gasteiger partial charge in [0.2, 0.25) is 0 Å². The van der Waals surface area contributed by atoms with Crippen LogP contribution in [0.15, 0.2) is 28.7 Å². The first-order chi connectivity index (χ1) is 8.29. The first-order valence-corrected chi connectivity index (χ1v) is 6.83. The maximum absolute atomic E-state index is 5.49. The van der Waals surface area contributed by atoms with Crippen LogP contribution < -0.4 is 10.6 Å². The van der Waals surface area contributed by atoms with Crippen LogP contribution in [-0.2, 0) is 4.74 Å². The summed E-state index contributed by atoms with van der Waals surface area (Å²) in [4.78, 5) is 0. The minimum absolute atomic E-state index is 0.367. The highest BCUT2D eigenvalue weighted by Gasteiger charge is 2.19. The fourth-order valence-electron chi connectivity index (χ4n) is 2.20. The Kier molecular flexibility index (Phi) is 4.98. The Morgan fingerprint density at radius 2 is 2.47 bits per heavy atom. The fraction of sp³-hybridized carbons (Fsp3) is 0.538. The van der Waals surface area contributed by atoms with Crippen molar-refractivity contribution in [1.29, 1.82) is 0 Å². The van der Waals surface area contributed by atoms with Gasteiger partial charge in [0.25, 0.3) is 0 Å². The molecule has 0 radical (unpaired) electrons. The molecular weight excluding hydrogens is 280 g/mol. The maximum atomic E-state index is 5.49. The Hall–Kier alpha value is -0.420. The lowest BCUT2D eigenvalue weighted by atomic mass is 9.99. The van der Waals surface area contributed by atoms with Gasteiger partial charge in [-0.2, -0.15) is 0 Å². The zero-order chi connectivity index (χ0) is 12.1. The molecule has 0 bridgehead atoms. The average Bonchev–Trinajstić information content (AvgIpc) is 2.37.